The van der Waals surface area contributed by atoms with Gasteiger partial charge in [0, 0.05) is 18.7 Å². The molecule has 0 bridgehead atoms. The molecule has 0 aliphatic rings. The van der Waals surface area contributed by atoms with E-state index in [4.69, 9.17) is 5.26 Å². The van der Waals surface area contributed by atoms with Gasteiger partial charge in [-0.2, -0.15) is 5.26 Å². The number of nitriles is 1. The normalized spacial score (nSPS) is 10.3. The molecule has 0 aliphatic carbocycles. The molecule has 110 valence electrons. The molecule has 1 aromatic rings. The molecular formula is C16H19N3O2. The molecule has 5 heteroatoms. The number of hydrogen-bond donors (Lipinski definition) is 2. The van der Waals surface area contributed by atoms with Crippen LogP contribution in [0, 0.1) is 11.3 Å². The molecule has 0 saturated heterocycles. The number of carbonyl (C=O) groups is 2. The second kappa shape index (κ2) is 7.25. The van der Waals surface area contributed by atoms with Gasteiger partial charge in [0.25, 0.3) is 5.91 Å². The van der Waals surface area contributed by atoms with Gasteiger partial charge in [0.2, 0.25) is 5.91 Å². The lowest BCUT2D eigenvalue weighted by Gasteiger charge is -2.15. The highest BCUT2D eigenvalue weighted by molar-refractivity contribution is 5.94. The van der Waals surface area contributed by atoms with Gasteiger partial charge in [-0.25, -0.2) is 0 Å². The zero-order valence-electron chi connectivity index (χ0n) is 12.3. The maximum absolute atomic E-state index is 11.9. The molecule has 21 heavy (non-hydrogen) atoms. The van der Waals surface area contributed by atoms with Gasteiger partial charge in [0.05, 0.1) is 11.5 Å². The van der Waals surface area contributed by atoms with E-state index in [0.29, 0.717) is 18.7 Å². The number of amides is 2. The van der Waals surface area contributed by atoms with Gasteiger partial charge in [0.1, 0.15) is 0 Å². The van der Waals surface area contributed by atoms with Crippen molar-refractivity contribution in [2.75, 3.05) is 13.1 Å². The standard InChI is InChI=1S/C16H19N3O2/c1-4-14(20)18-9-10-19-15(21)12-5-7-13(8-6-12)16(2,3)11-17/h4-8H,1,9-10H2,2-3H3,(H,18,20)(H,19,21). The summed E-state index contributed by atoms with van der Waals surface area (Å²) in [7, 11) is 0. The van der Waals surface area contributed by atoms with Crippen molar-refractivity contribution in [1.29, 1.82) is 5.26 Å². The quantitative estimate of drug-likeness (QED) is 0.614. The Balaban J connectivity index is 2.54. The van der Waals surface area contributed by atoms with Crippen LogP contribution < -0.4 is 10.6 Å². The van der Waals surface area contributed by atoms with Gasteiger partial charge >= 0.3 is 0 Å². The fourth-order valence-electron chi connectivity index (χ4n) is 1.64. The van der Waals surface area contributed by atoms with Crippen molar-refractivity contribution >= 4 is 11.8 Å². The molecule has 2 N–H and O–H groups in total. The molecule has 1 rings (SSSR count). The monoisotopic (exact) mass is 285 g/mol. The van der Waals surface area contributed by atoms with Crippen LogP contribution in [-0.2, 0) is 10.2 Å². The number of nitrogens with zero attached hydrogens (tertiary/aromatic N) is 1. The molecule has 0 radical (unpaired) electrons. The summed E-state index contributed by atoms with van der Waals surface area (Å²) in [6, 6.07) is 9.14. The third kappa shape index (κ3) is 4.77. The van der Waals surface area contributed by atoms with Gasteiger partial charge in [-0.3, -0.25) is 9.59 Å². The SMILES string of the molecule is C=CC(=O)NCCNC(=O)c1ccc(C(C)(C)C#N)cc1. The first-order valence-corrected chi connectivity index (χ1v) is 6.61. The Hall–Kier alpha value is -2.61. The lowest BCUT2D eigenvalue weighted by atomic mass is 9.86. The van der Waals surface area contributed by atoms with Gasteiger partial charge in [-0.15, -0.1) is 0 Å². The van der Waals surface area contributed by atoms with Crippen LogP contribution >= 0.6 is 0 Å². The molecule has 1 aromatic carbocycles. The van der Waals surface area contributed by atoms with E-state index in [2.05, 4.69) is 23.3 Å². The van der Waals surface area contributed by atoms with E-state index < -0.39 is 5.41 Å². The summed E-state index contributed by atoms with van der Waals surface area (Å²) in [6.45, 7) is 7.66. The van der Waals surface area contributed by atoms with Gasteiger partial charge < -0.3 is 10.6 Å². The molecule has 0 aliphatic heterocycles. The molecule has 5 nitrogen and oxygen atoms in total. The van der Waals surface area contributed by atoms with E-state index in [9.17, 15) is 9.59 Å². The van der Waals surface area contributed by atoms with Crippen LogP contribution in [0.2, 0.25) is 0 Å². The van der Waals surface area contributed by atoms with E-state index in [0.717, 1.165) is 5.56 Å². The van der Waals surface area contributed by atoms with Crippen molar-refractivity contribution in [2.45, 2.75) is 19.3 Å². The first kappa shape index (κ1) is 16.4. The maximum atomic E-state index is 11.9. The summed E-state index contributed by atoms with van der Waals surface area (Å²) in [5.41, 5.74) is 0.798. The molecule has 0 aromatic heterocycles. The average Bonchev–Trinajstić information content (AvgIpc) is 2.51. The van der Waals surface area contributed by atoms with Gasteiger partial charge in [-0.1, -0.05) is 18.7 Å². The predicted molar refractivity (Wildman–Crippen MR) is 80.6 cm³/mol. The maximum Gasteiger partial charge on any atom is 0.251 e. The van der Waals surface area contributed by atoms with Crippen molar-refractivity contribution in [1.82, 2.24) is 10.6 Å². The Morgan fingerprint density at radius 1 is 1.24 bits per heavy atom. The van der Waals surface area contributed by atoms with E-state index >= 15 is 0 Å². The number of nitrogens with one attached hydrogen (secondary N) is 2. The second-order valence-electron chi connectivity index (χ2n) is 5.07. The molecule has 0 unspecified atom stereocenters. The van der Waals surface area contributed by atoms with E-state index in [1.807, 2.05) is 13.8 Å². The minimum Gasteiger partial charge on any atom is -0.351 e. The summed E-state index contributed by atoms with van der Waals surface area (Å²) < 4.78 is 0. The van der Waals surface area contributed by atoms with Crippen LogP contribution in [0.15, 0.2) is 36.9 Å². The summed E-state index contributed by atoms with van der Waals surface area (Å²) in [5.74, 6) is -0.489. The van der Waals surface area contributed by atoms with Crippen LogP contribution in [0.25, 0.3) is 0 Å². The number of benzene rings is 1. The lowest BCUT2D eigenvalue weighted by molar-refractivity contribution is -0.116. The number of rotatable bonds is 6. The fourth-order valence-corrected chi connectivity index (χ4v) is 1.64. The largest absolute Gasteiger partial charge is 0.351 e. The third-order valence-corrected chi connectivity index (χ3v) is 3.04. The summed E-state index contributed by atoms with van der Waals surface area (Å²) in [5, 5.41) is 14.3. The van der Waals surface area contributed by atoms with Crippen molar-refractivity contribution in [3.05, 3.63) is 48.0 Å². The summed E-state index contributed by atoms with van der Waals surface area (Å²) in [4.78, 5) is 22.8. The van der Waals surface area contributed by atoms with Crippen LogP contribution in [0.1, 0.15) is 29.8 Å². The second-order valence-corrected chi connectivity index (χ2v) is 5.07. The highest BCUT2D eigenvalue weighted by Gasteiger charge is 2.19. The Kier molecular flexibility index (Phi) is 5.67. The smallest absolute Gasteiger partial charge is 0.251 e. The van der Waals surface area contributed by atoms with Gasteiger partial charge in [-0.05, 0) is 37.6 Å². The zero-order valence-corrected chi connectivity index (χ0v) is 12.3. The molecule has 0 fully saturated rings. The molecule has 0 saturated carbocycles. The average molecular weight is 285 g/mol. The van der Waals surface area contributed by atoms with E-state index in [1.165, 1.54) is 6.08 Å². The molecule has 0 heterocycles. The minimum absolute atomic E-state index is 0.218. The molecular weight excluding hydrogens is 266 g/mol. The highest BCUT2D eigenvalue weighted by Crippen LogP contribution is 2.22. The molecule has 0 atom stereocenters. The van der Waals surface area contributed by atoms with Crippen LogP contribution in [0.5, 0.6) is 0 Å². The Morgan fingerprint density at radius 2 is 1.81 bits per heavy atom. The number of carbonyl (C=O) groups excluding carboxylic acids is 2. The van der Waals surface area contributed by atoms with Crippen LogP contribution in [-0.4, -0.2) is 24.9 Å². The summed E-state index contributed by atoms with van der Waals surface area (Å²) >= 11 is 0. The molecule has 0 spiro atoms. The third-order valence-electron chi connectivity index (χ3n) is 3.04. The van der Waals surface area contributed by atoms with Crippen molar-refractivity contribution in [2.24, 2.45) is 0 Å². The first-order chi connectivity index (χ1) is 9.90. The predicted octanol–water partition coefficient (Wildman–Crippen LogP) is 1.52. The fraction of sp³-hybridized carbons (Fsp3) is 0.312. The zero-order chi connectivity index (χ0) is 15.9. The van der Waals surface area contributed by atoms with Crippen LogP contribution in [0.3, 0.4) is 0 Å². The lowest BCUT2D eigenvalue weighted by Crippen LogP contribution is -2.33. The minimum atomic E-state index is -0.579. The highest BCUT2D eigenvalue weighted by atomic mass is 16.2. The Morgan fingerprint density at radius 3 is 2.33 bits per heavy atom. The number of hydrogen-bond acceptors (Lipinski definition) is 3. The van der Waals surface area contributed by atoms with Crippen molar-refractivity contribution < 1.29 is 9.59 Å². The van der Waals surface area contributed by atoms with Gasteiger partial charge in [0.15, 0.2) is 0 Å². The van der Waals surface area contributed by atoms with Crippen molar-refractivity contribution in [3.63, 3.8) is 0 Å². The Labute approximate surface area is 124 Å². The molecule has 2 amide bonds. The van der Waals surface area contributed by atoms with E-state index in [1.54, 1.807) is 24.3 Å². The van der Waals surface area contributed by atoms with Crippen molar-refractivity contribution in [3.8, 4) is 6.07 Å². The van der Waals surface area contributed by atoms with Crippen LogP contribution in [0.4, 0.5) is 0 Å². The first-order valence-electron chi connectivity index (χ1n) is 6.61. The topological polar surface area (TPSA) is 82.0 Å². The Bertz CT molecular complexity index is 568. The van der Waals surface area contributed by atoms with E-state index in [-0.39, 0.29) is 11.8 Å². The summed E-state index contributed by atoms with van der Waals surface area (Å²) in [6.07, 6.45) is 1.18.